The van der Waals surface area contributed by atoms with Crippen LogP contribution in [-0.2, 0) is 16.0 Å². The molecule has 1 heterocycles. The van der Waals surface area contributed by atoms with Gasteiger partial charge in [-0.3, -0.25) is 9.59 Å². The van der Waals surface area contributed by atoms with Crippen molar-refractivity contribution < 1.29 is 14.7 Å². The Kier molecular flexibility index (Phi) is 4.83. The van der Waals surface area contributed by atoms with Crippen molar-refractivity contribution in [2.45, 2.75) is 19.3 Å². The van der Waals surface area contributed by atoms with E-state index < -0.39 is 5.97 Å². The maximum absolute atomic E-state index is 12.0. The number of carboxylic acids is 1. The first-order valence-corrected chi connectivity index (χ1v) is 7.21. The summed E-state index contributed by atoms with van der Waals surface area (Å²) >= 11 is 0. The van der Waals surface area contributed by atoms with Crippen molar-refractivity contribution in [1.29, 1.82) is 0 Å². The van der Waals surface area contributed by atoms with Crippen molar-refractivity contribution in [3.63, 3.8) is 0 Å². The SMILES string of the molecule is CN(C)c1ccc(CCC(=O)N2CC(CC(=O)O)C2)cc1. The molecule has 21 heavy (non-hydrogen) atoms. The van der Waals surface area contributed by atoms with Crippen LogP contribution in [0.2, 0.25) is 0 Å². The number of hydrogen-bond acceptors (Lipinski definition) is 3. The minimum absolute atomic E-state index is 0.119. The van der Waals surface area contributed by atoms with Gasteiger partial charge >= 0.3 is 5.97 Å². The molecule has 1 aromatic rings. The lowest BCUT2D eigenvalue weighted by Gasteiger charge is -2.38. The van der Waals surface area contributed by atoms with Crippen molar-refractivity contribution in [1.82, 2.24) is 4.90 Å². The number of rotatable bonds is 6. The number of likely N-dealkylation sites (tertiary alicyclic amines) is 1. The van der Waals surface area contributed by atoms with Crippen LogP contribution in [0.15, 0.2) is 24.3 Å². The third kappa shape index (κ3) is 4.21. The fourth-order valence-corrected chi connectivity index (χ4v) is 2.52. The van der Waals surface area contributed by atoms with Gasteiger partial charge in [0.05, 0.1) is 6.42 Å². The molecular formula is C16H22N2O3. The average Bonchev–Trinajstić information content (AvgIpc) is 2.40. The fourth-order valence-electron chi connectivity index (χ4n) is 2.52. The molecule has 1 fully saturated rings. The van der Waals surface area contributed by atoms with E-state index in [1.54, 1.807) is 4.90 Å². The minimum Gasteiger partial charge on any atom is -0.481 e. The Bertz CT molecular complexity index is 505. The van der Waals surface area contributed by atoms with E-state index in [1.807, 2.05) is 43.3 Å². The maximum atomic E-state index is 12.0. The van der Waals surface area contributed by atoms with Crippen molar-refractivity contribution in [2.75, 3.05) is 32.1 Å². The van der Waals surface area contributed by atoms with Crippen molar-refractivity contribution in [3.05, 3.63) is 29.8 Å². The molecule has 1 aromatic carbocycles. The van der Waals surface area contributed by atoms with E-state index in [1.165, 1.54) is 0 Å². The molecule has 1 saturated heterocycles. The first-order chi connectivity index (χ1) is 9.95. The summed E-state index contributed by atoms with van der Waals surface area (Å²) in [5, 5.41) is 8.68. The van der Waals surface area contributed by atoms with Gasteiger partial charge in [-0.15, -0.1) is 0 Å². The molecule has 0 radical (unpaired) electrons. The number of amides is 1. The molecule has 114 valence electrons. The predicted molar refractivity (Wildman–Crippen MR) is 81.4 cm³/mol. The third-order valence-electron chi connectivity index (χ3n) is 3.85. The first-order valence-electron chi connectivity index (χ1n) is 7.21. The molecule has 0 unspecified atom stereocenters. The topological polar surface area (TPSA) is 60.9 Å². The molecule has 2 rings (SSSR count). The van der Waals surface area contributed by atoms with Crippen LogP contribution in [0.3, 0.4) is 0 Å². The second-order valence-corrected chi connectivity index (χ2v) is 5.82. The van der Waals surface area contributed by atoms with Gasteiger partial charge in [0, 0.05) is 45.2 Å². The van der Waals surface area contributed by atoms with Crippen molar-refractivity contribution >= 4 is 17.6 Å². The zero-order valence-electron chi connectivity index (χ0n) is 12.6. The second-order valence-electron chi connectivity index (χ2n) is 5.82. The van der Waals surface area contributed by atoms with Gasteiger partial charge in [-0.05, 0) is 24.1 Å². The van der Waals surface area contributed by atoms with Crippen LogP contribution < -0.4 is 4.90 Å². The van der Waals surface area contributed by atoms with Crippen molar-refractivity contribution in [2.24, 2.45) is 5.92 Å². The molecule has 1 N–H and O–H groups in total. The Morgan fingerprint density at radius 1 is 1.24 bits per heavy atom. The number of aliphatic carboxylic acids is 1. The summed E-state index contributed by atoms with van der Waals surface area (Å²) in [7, 11) is 3.99. The predicted octanol–water partition coefficient (Wildman–Crippen LogP) is 1.62. The highest BCUT2D eigenvalue weighted by Crippen LogP contribution is 2.20. The van der Waals surface area contributed by atoms with Gasteiger partial charge in [0.25, 0.3) is 0 Å². The van der Waals surface area contributed by atoms with Crippen LogP contribution in [-0.4, -0.2) is 49.1 Å². The largest absolute Gasteiger partial charge is 0.481 e. The molecule has 0 aliphatic carbocycles. The normalized spacial score (nSPS) is 14.7. The van der Waals surface area contributed by atoms with Gasteiger partial charge in [-0.25, -0.2) is 0 Å². The standard InChI is InChI=1S/C16H22N2O3/c1-17(2)14-6-3-12(4-7-14)5-8-15(19)18-10-13(11-18)9-16(20)21/h3-4,6-7,13H,5,8-11H2,1-2H3,(H,20,21). The van der Waals surface area contributed by atoms with Crippen molar-refractivity contribution in [3.8, 4) is 0 Å². The van der Waals surface area contributed by atoms with Gasteiger partial charge in [0.15, 0.2) is 0 Å². The van der Waals surface area contributed by atoms with E-state index in [-0.39, 0.29) is 18.2 Å². The van der Waals surface area contributed by atoms with Gasteiger partial charge in [0.2, 0.25) is 5.91 Å². The summed E-state index contributed by atoms with van der Waals surface area (Å²) in [5.41, 5.74) is 2.29. The lowest BCUT2D eigenvalue weighted by molar-refractivity contribution is -0.145. The Morgan fingerprint density at radius 2 is 1.86 bits per heavy atom. The summed E-state index contributed by atoms with van der Waals surface area (Å²) in [6.07, 6.45) is 1.38. The summed E-state index contributed by atoms with van der Waals surface area (Å²) in [6, 6.07) is 8.19. The zero-order valence-corrected chi connectivity index (χ0v) is 12.6. The van der Waals surface area contributed by atoms with Crippen LogP contribution in [0.25, 0.3) is 0 Å². The average molecular weight is 290 g/mol. The molecule has 0 aromatic heterocycles. The minimum atomic E-state index is -0.784. The Hall–Kier alpha value is -2.04. The Balaban J connectivity index is 1.73. The van der Waals surface area contributed by atoms with Crippen LogP contribution in [0.1, 0.15) is 18.4 Å². The molecule has 5 nitrogen and oxygen atoms in total. The second kappa shape index (κ2) is 6.61. The smallest absolute Gasteiger partial charge is 0.303 e. The number of hydrogen-bond donors (Lipinski definition) is 1. The molecule has 5 heteroatoms. The number of nitrogens with zero attached hydrogens (tertiary/aromatic N) is 2. The molecule has 1 aliphatic rings. The number of carboxylic acid groups (broad SMARTS) is 1. The highest BCUT2D eigenvalue weighted by atomic mass is 16.4. The Labute approximate surface area is 125 Å². The molecule has 0 saturated carbocycles. The molecular weight excluding hydrogens is 268 g/mol. The lowest BCUT2D eigenvalue weighted by Crippen LogP contribution is -2.50. The molecule has 1 amide bonds. The van der Waals surface area contributed by atoms with E-state index in [2.05, 4.69) is 0 Å². The third-order valence-corrected chi connectivity index (χ3v) is 3.85. The molecule has 1 aliphatic heterocycles. The van der Waals surface area contributed by atoms with E-state index in [4.69, 9.17) is 5.11 Å². The summed E-state index contributed by atoms with van der Waals surface area (Å²) in [4.78, 5) is 26.3. The van der Waals surface area contributed by atoms with Gasteiger partial charge < -0.3 is 14.9 Å². The zero-order chi connectivity index (χ0) is 15.4. The van der Waals surface area contributed by atoms with E-state index in [0.717, 1.165) is 17.7 Å². The number of aryl methyl sites for hydroxylation is 1. The number of benzene rings is 1. The van der Waals surface area contributed by atoms with E-state index in [0.29, 0.717) is 19.5 Å². The van der Waals surface area contributed by atoms with Crippen LogP contribution in [0, 0.1) is 5.92 Å². The Morgan fingerprint density at radius 3 is 2.38 bits per heavy atom. The highest BCUT2D eigenvalue weighted by molar-refractivity contribution is 5.77. The fraction of sp³-hybridized carbons (Fsp3) is 0.500. The molecule has 0 spiro atoms. The number of anilines is 1. The van der Waals surface area contributed by atoms with Crippen LogP contribution >= 0.6 is 0 Å². The number of carbonyl (C=O) groups excluding carboxylic acids is 1. The highest BCUT2D eigenvalue weighted by Gasteiger charge is 2.31. The van der Waals surface area contributed by atoms with Crippen LogP contribution in [0.5, 0.6) is 0 Å². The maximum Gasteiger partial charge on any atom is 0.303 e. The molecule has 0 bridgehead atoms. The van der Waals surface area contributed by atoms with Gasteiger partial charge in [-0.1, -0.05) is 12.1 Å². The monoisotopic (exact) mass is 290 g/mol. The summed E-state index contributed by atoms with van der Waals surface area (Å²) in [5.74, 6) is -0.535. The lowest BCUT2D eigenvalue weighted by atomic mass is 9.95. The van der Waals surface area contributed by atoms with E-state index in [9.17, 15) is 9.59 Å². The first kappa shape index (κ1) is 15.4. The summed E-state index contributed by atoms with van der Waals surface area (Å²) < 4.78 is 0. The van der Waals surface area contributed by atoms with Gasteiger partial charge in [-0.2, -0.15) is 0 Å². The molecule has 0 atom stereocenters. The van der Waals surface area contributed by atoms with E-state index >= 15 is 0 Å². The quantitative estimate of drug-likeness (QED) is 0.865. The summed E-state index contributed by atoms with van der Waals surface area (Å²) in [6.45, 7) is 1.18. The van der Waals surface area contributed by atoms with Crippen LogP contribution in [0.4, 0.5) is 5.69 Å². The number of carbonyl (C=O) groups is 2. The van der Waals surface area contributed by atoms with Gasteiger partial charge in [0.1, 0.15) is 0 Å².